The summed E-state index contributed by atoms with van der Waals surface area (Å²) in [6.45, 7) is 6.92. The molecule has 2 aliphatic rings. The molecular formula is C19H26N2O3S. The third-order valence-corrected chi connectivity index (χ3v) is 5.34. The molecule has 0 saturated carbocycles. The molecule has 0 aromatic heterocycles. The van der Waals surface area contributed by atoms with E-state index in [4.69, 9.17) is 4.74 Å². The van der Waals surface area contributed by atoms with E-state index in [0.717, 1.165) is 30.5 Å². The molecule has 25 heavy (non-hydrogen) atoms. The van der Waals surface area contributed by atoms with E-state index in [2.05, 4.69) is 16.5 Å². The van der Waals surface area contributed by atoms with Crippen LogP contribution in [0.15, 0.2) is 28.7 Å². The Balaban J connectivity index is 1.80. The van der Waals surface area contributed by atoms with Gasteiger partial charge in [-0.05, 0) is 45.6 Å². The van der Waals surface area contributed by atoms with Crippen molar-refractivity contribution in [2.24, 2.45) is 9.81 Å². The second-order valence-electron chi connectivity index (χ2n) is 7.95. The lowest BCUT2D eigenvalue weighted by atomic mass is 9.74. The molecule has 1 amide bonds. The first-order valence-electron chi connectivity index (χ1n) is 8.69. The van der Waals surface area contributed by atoms with Crippen molar-refractivity contribution >= 4 is 22.8 Å². The summed E-state index contributed by atoms with van der Waals surface area (Å²) >= 11 is 0. The van der Waals surface area contributed by atoms with E-state index in [-0.39, 0.29) is 11.5 Å². The second kappa shape index (κ2) is 6.56. The number of piperidine rings is 1. The molecule has 1 fully saturated rings. The molecule has 6 heteroatoms. The number of ether oxygens (including phenoxy) is 1. The van der Waals surface area contributed by atoms with Gasteiger partial charge in [-0.3, -0.25) is 0 Å². The van der Waals surface area contributed by atoms with E-state index in [9.17, 15) is 9.00 Å². The number of benzene rings is 1. The highest BCUT2D eigenvalue weighted by Gasteiger charge is 2.46. The number of carbonyl (C=O) groups is 1. The van der Waals surface area contributed by atoms with Crippen LogP contribution >= 0.6 is 0 Å². The van der Waals surface area contributed by atoms with Gasteiger partial charge in [0.2, 0.25) is 0 Å². The van der Waals surface area contributed by atoms with Crippen LogP contribution in [0.2, 0.25) is 0 Å². The molecule has 1 unspecified atom stereocenters. The number of amides is 1. The van der Waals surface area contributed by atoms with Gasteiger partial charge in [-0.2, -0.15) is 4.40 Å². The van der Waals surface area contributed by atoms with Gasteiger partial charge in [-0.25, -0.2) is 9.00 Å². The molecule has 1 atom stereocenters. The molecule has 136 valence electrons. The van der Waals surface area contributed by atoms with Gasteiger partial charge in [0.1, 0.15) is 16.6 Å². The Labute approximate surface area is 152 Å². The minimum Gasteiger partial charge on any atom is -0.444 e. The Bertz CT molecular complexity index is 728. The van der Waals surface area contributed by atoms with E-state index in [1.54, 1.807) is 11.2 Å². The maximum atomic E-state index is 12.3. The Morgan fingerprint density at radius 3 is 2.48 bits per heavy atom. The van der Waals surface area contributed by atoms with Crippen LogP contribution in [-0.2, 0) is 22.1 Å². The van der Waals surface area contributed by atoms with Gasteiger partial charge in [-0.15, -0.1) is 0 Å². The first-order valence-corrected chi connectivity index (χ1v) is 10.2. The number of hydrogen-bond acceptors (Lipinski definition) is 3. The maximum absolute atomic E-state index is 12.3. The fraction of sp³-hybridized carbons (Fsp3) is 0.579. The van der Waals surface area contributed by atoms with Gasteiger partial charge >= 0.3 is 6.09 Å². The molecule has 1 saturated heterocycles. The SMILES string of the molecule is CS(=O)/N=C1\c2ccccc2CC12CCN(C(=O)OC(C)(C)C)CC2. The van der Waals surface area contributed by atoms with Crippen LogP contribution in [0.1, 0.15) is 44.7 Å². The van der Waals surface area contributed by atoms with Crippen LogP contribution in [0, 0.1) is 5.41 Å². The summed E-state index contributed by atoms with van der Waals surface area (Å²) in [5.74, 6) is 0. The van der Waals surface area contributed by atoms with Crippen LogP contribution in [-0.4, -0.2) is 45.9 Å². The maximum Gasteiger partial charge on any atom is 0.410 e. The molecular weight excluding hydrogens is 336 g/mol. The van der Waals surface area contributed by atoms with Crippen molar-refractivity contribution < 1.29 is 13.7 Å². The molecule has 1 aromatic carbocycles. The molecule has 1 aliphatic carbocycles. The first kappa shape index (κ1) is 18.1. The molecule has 3 rings (SSSR count). The number of carbonyl (C=O) groups excluding carboxylic acids is 1. The van der Waals surface area contributed by atoms with Crippen molar-refractivity contribution in [3.8, 4) is 0 Å². The lowest BCUT2D eigenvalue weighted by Crippen LogP contribution is -2.47. The van der Waals surface area contributed by atoms with Crippen molar-refractivity contribution in [1.82, 2.24) is 4.90 Å². The van der Waals surface area contributed by atoms with E-state index in [1.165, 1.54) is 5.56 Å². The summed E-state index contributed by atoms with van der Waals surface area (Å²) in [4.78, 5) is 14.1. The lowest BCUT2D eigenvalue weighted by molar-refractivity contribution is 0.0159. The monoisotopic (exact) mass is 362 g/mol. The van der Waals surface area contributed by atoms with Gasteiger partial charge in [-0.1, -0.05) is 24.3 Å². The predicted octanol–water partition coefficient (Wildman–Crippen LogP) is 3.34. The first-order chi connectivity index (χ1) is 11.7. The Morgan fingerprint density at radius 1 is 1.24 bits per heavy atom. The topological polar surface area (TPSA) is 59.0 Å². The number of fused-ring (bicyclic) bond motifs is 1. The van der Waals surface area contributed by atoms with Crippen molar-refractivity contribution in [1.29, 1.82) is 0 Å². The predicted molar refractivity (Wildman–Crippen MR) is 100 cm³/mol. The zero-order valence-electron chi connectivity index (χ0n) is 15.4. The minimum atomic E-state index is -1.24. The molecule has 1 aromatic rings. The number of hydrogen-bond donors (Lipinski definition) is 0. The van der Waals surface area contributed by atoms with E-state index in [0.29, 0.717) is 13.1 Å². The summed E-state index contributed by atoms with van der Waals surface area (Å²) in [5, 5.41) is 0. The Kier molecular flexibility index (Phi) is 4.75. The van der Waals surface area contributed by atoms with Crippen LogP contribution in [0.4, 0.5) is 4.79 Å². The van der Waals surface area contributed by atoms with E-state index >= 15 is 0 Å². The molecule has 5 nitrogen and oxygen atoms in total. The van der Waals surface area contributed by atoms with Crippen LogP contribution in [0.3, 0.4) is 0 Å². The number of rotatable bonds is 1. The van der Waals surface area contributed by atoms with Crippen molar-refractivity contribution in [2.75, 3.05) is 19.3 Å². The molecule has 0 bridgehead atoms. The lowest BCUT2D eigenvalue weighted by Gasteiger charge is -2.40. The van der Waals surface area contributed by atoms with Crippen LogP contribution < -0.4 is 0 Å². The summed E-state index contributed by atoms with van der Waals surface area (Å²) in [7, 11) is -1.24. The summed E-state index contributed by atoms with van der Waals surface area (Å²) in [6, 6.07) is 8.23. The molecule has 0 radical (unpaired) electrons. The largest absolute Gasteiger partial charge is 0.444 e. The highest BCUT2D eigenvalue weighted by atomic mass is 32.2. The van der Waals surface area contributed by atoms with E-state index < -0.39 is 16.6 Å². The van der Waals surface area contributed by atoms with E-state index in [1.807, 2.05) is 32.9 Å². The van der Waals surface area contributed by atoms with Crippen LogP contribution in [0.25, 0.3) is 0 Å². The fourth-order valence-electron chi connectivity index (χ4n) is 3.77. The van der Waals surface area contributed by atoms with Crippen molar-refractivity contribution in [3.63, 3.8) is 0 Å². The van der Waals surface area contributed by atoms with Crippen LogP contribution in [0.5, 0.6) is 0 Å². The normalized spacial score (nSPS) is 22.1. The highest BCUT2D eigenvalue weighted by Crippen LogP contribution is 2.45. The fourth-order valence-corrected chi connectivity index (χ4v) is 4.32. The summed E-state index contributed by atoms with van der Waals surface area (Å²) in [5.41, 5.74) is 2.73. The summed E-state index contributed by atoms with van der Waals surface area (Å²) in [6.07, 6.45) is 3.89. The minimum absolute atomic E-state index is 0.117. The third kappa shape index (κ3) is 3.78. The van der Waals surface area contributed by atoms with Gasteiger partial charge in [0, 0.05) is 30.3 Å². The summed E-state index contributed by atoms with van der Waals surface area (Å²) < 4.78 is 21.8. The van der Waals surface area contributed by atoms with Gasteiger partial charge in [0.15, 0.2) is 0 Å². The zero-order valence-corrected chi connectivity index (χ0v) is 16.2. The van der Waals surface area contributed by atoms with Gasteiger partial charge in [0.05, 0.1) is 5.71 Å². The molecule has 1 aliphatic heterocycles. The van der Waals surface area contributed by atoms with Crippen molar-refractivity contribution in [3.05, 3.63) is 35.4 Å². The van der Waals surface area contributed by atoms with Gasteiger partial charge in [0.25, 0.3) is 0 Å². The average Bonchev–Trinajstić information content (AvgIpc) is 2.79. The standard InChI is InChI=1S/C19H26N2O3S/c1-18(2,3)24-17(22)21-11-9-19(10-12-21)13-14-7-5-6-8-15(14)16(19)20-25(4)23/h5-8H,9-13H2,1-4H3/b20-16+. The number of likely N-dealkylation sites (tertiary alicyclic amines) is 1. The Morgan fingerprint density at radius 2 is 1.88 bits per heavy atom. The molecule has 1 heterocycles. The van der Waals surface area contributed by atoms with Crippen molar-refractivity contribution in [2.45, 2.75) is 45.6 Å². The smallest absolute Gasteiger partial charge is 0.410 e. The Hall–Kier alpha value is -1.69. The molecule has 1 spiro atoms. The average molecular weight is 362 g/mol. The van der Waals surface area contributed by atoms with Gasteiger partial charge < -0.3 is 9.64 Å². The third-order valence-electron chi connectivity index (χ3n) is 4.90. The highest BCUT2D eigenvalue weighted by molar-refractivity contribution is 7.83. The quantitative estimate of drug-likeness (QED) is 0.770. The zero-order chi connectivity index (χ0) is 18.2. The second-order valence-corrected chi connectivity index (χ2v) is 8.98. The number of nitrogens with zero attached hydrogens (tertiary/aromatic N) is 2. The molecule has 0 N–H and O–H groups in total.